The molecule has 0 saturated heterocycles. The van der Waals surface area contributed by atoms with Gasteiger partial charge in [0, 0.05) is 12.4 Å². The first-order chi connectivity index (χ1) is 7.36. The molecule has 0 aliphatic rings. The Morgan fingerprint density at radius 1 is 1.40 bits per heavy atom. The maximum atomic E-state index is 5.46. The molecule has 1 rings (SSSR count). The van der Waals surface area contributed by atoms with Crippen LogP contribution < -0.4 is 4.74 Å². The lowest BCUT2D eigenvalue weighted by molar-refractivity contribution is 0.111. The SMILES string of the molecule is CCCn1cc(OCCOCCCl)cn1. The van der Waals surface area contributed by atoms with Crippen LogP contribution in [0.25, 0.3) is 0 Å². The second-order valence-corrected chi connectivity index (χ2v) is 3.47. The van der Waals surface area contributed by atoms with Crippen LogP contribution in [0.1, 0.15) is 13.3 Å². The number of aromatic nitrogens is 2. The lowest BCUT2D eigenvalue weighted by atomic mass is 10.5. The average Bonchev–Trinajstić information content (AvgIpc) is 2.66. The fourth-order valence-corrected chi connectivity index (χ4v) is 1.25. The van der Waals surface area contributed by atoms with E-state index in [-0.39, 0.29) is 0 Å². The predicted molar refractivity (Wildman–Crippen MR) is 59.6 cm³/mol. The Bertz CT molecular complexity index is 266. The third kappa shape index (κ3) is 5.04. The van der Waals surface area contributed by atoms with Crippen molar-refractivity contribution in [2.45, 2.75) is 19.9 Å². The van der Waals surface area contributed by atoms with E-state index in [0.717, 1.165) is 18.7 Å². The molecule has 1 aromatic heterocycles. The van der Waals surface area contributed by atoms with E-state index in [1.165, 1.54) is 0 Å². The van der Waals surface area contributed by atoms with Gasteiger partial charge in [-0.05, 0) is 6.42 Å². The molecule has 0 unspecified atom stereocenters. The van der Waals surface area contributed by atoms with E-state index in [2.05, 4.69) is 12.0 Å². The highest BCUT2D eigenvalue weighted by Gasteiger charge is 1.98. The lowest BCUT2D eigenvalue weighted by Crippen LogP contribution is -2.07. The number of hydrogen-bond acceptors (Lipinski definition) is 3. The average molecular weight is 233 g/mol. The highest BCUT2D eigenvalue weighted by molar-refractivity contribution is 6.17. The monoisotopic (exact) mass is 232 g/mol. The number of rotatable bonds is 8. The second-order valence-electron chi connectivity index (χ2n) is 3.09. The van der Waals surface area contributed by atoms with Crippen molar-refractivity contribution in [1.82, 2.24) is 9.78 Å². The topological polar surface area (TPSA) is 36.3 Å². The van der Waals surface area contributed by atoms with E-state index < -0.39 is 0 Å². The Kier molecular flexibility index (Phi) is 6.20. The Morgan fingerprint density at radius 3 is 3.00 bits per heavy atom. The molecule has 0 atom stereocenters. The fourth-order valence-electron chi connectivity index (χ4n) is 1.15. The standard InChI is InChI=1S/C10H17ClN2O2/c1-2-4-13-9-10(8-12-13)15-7-6-14-5-3-11/h8-9H,2-7H2,1H3. The van der Waals surface area contributed by atoms with Gasteiger partial charge in [0.1, 0.15) is 6.61 Å². The van der Waals surface area contributed by atoms with Crippen LogP contribution >= 0.6 is 11.6 Å². The summed E-state index contributed by atoms with van der Waals surface area (Å²) in [6.45, 7) is 4.70. The summed E-state index contributed by atoms with van der Waals surface area (Å²) in [7, 11) is 0. The van der Waals surface area contributed by atoms with Crippen molar-refractivity contribution in [3.63, 3.8) is 0 Å². The van der Waals surface area contributed by atoms with Crippen molar-refractivity contribution in [2.75, 3.05) is 25.7 Å². The quantitative estimate of drug-likeness (QED) is 0.508. The Morgan fingerprint density at radius 2 is 2.27 bits per heavy atom. The van der Waals surface area contributed by atoms with Crippen LogP contribution in [-0.4, -0.2) is 35.5 Å². The number of hydrogen-bond donors (Lipinski definition) is 0. The molecule has 0 radical (unpaired) electrons. The molecule has 0 aliphatic heterocycles. The van der Waals surface area contributed by atoms with Gasteiger partial charge in [0.2, 0.25) is 0 Å². The summed E-state index contributed by atoms with van der Waals surface area (Å²) in [5, 5.41) is 4.15. The zero-order valence-electron chi connectivity index (χ0n) is 8.99. The van der Waals surface area contributed by atoms with Crippen molar-refractivity contribution in [3.8, 4) is 5.75 Å². The molecule has 1 aromatic rings. The first-order valence-electron chi connectivity index (χ1n) is 5.15. The molecule has 0 bridgehead atoms. The molecule has 0 saturated carbocycles. The van der Waals surface area contributed by atoms with Crippen LogP contribution in [0.2, 0.25) is 0 Å². The fraction of sp³-hybridized carbons (Fsp3) is 0.700. The molecular formula is C10H17ClN2O2. The van der Waals surface area contributed by atoms with Crippen molar-refractivity contribution < 1.29 is 9.47 Å². The van der Waals surface area contributed by atoms with Crippen LogP contribution in [0.3, 0.4) is 0 Å². The number of nitrogens with zero attached hydrogens (tertiary/aromatic N) is 2. The molecule has 1 heterocycles. The molecule has 0 spiro atoms. The van der Waals surface area contributed by atoms with Gasteiger partial charge < -0.3 is 9.47 Å². The molecular weight excluding hydrogens is 216 g/mol. The van der Waals surface area contributed by atoms with Gasteiger partial charge in [-0.2, -0.15) is 5.10 Å². The minimum Gasteiger partial charge on any atom is -0.488 e. The van der Waals surface area contributed by atoms with Gasteiger partial charge in [-0.1, -0.05) is 6.92 Å². The van der Waals surface area contributed by atoms with Crippen LogP contribution in [0.5, 0.6) is 5.75 Å². The first kappa shape index (κ1) is 12.3. The van der Waals surface area contributed by atoms with E-state index >= 15 is 0 Å². The van der Waals surface area contributed by atoms with Crippen molar-refractivity contribution in [3.05, 3.63) is 12.4 Å². The summed E-state index contributed by atoms with van der Waals surface area (Å²) >= 11 is 5.46. The number of ether oxygens (including phenoxy) is 2. The van der Waals surface area contributed by atoms with E-state index in [9.17, 15) is 0 Å². The molecule has 4 nitrogen and oxygen atoms in total. The third-order valence-electron chi connectivity index (χ3n) is 1.78. The molecule has 5 heteroatoms. The molecule has 0 aliphatic carbocycles. The summed E-state index contributed by atoms with van der Waals surface area (Å²) in [4.78, 5) is 0. The lowest BCUT2D eigenvalue weighted by Gasteiger charge is -2.03. The van der Waals surface area contributed by atoms with Gasteiger partial charge in [-0.15, -0.1) is 11.6 Å². The number of alkyl halides is 1. The van der Waals surface area contributed by atoms with Crippen LogP contribution in [-0.2, 0) is 11.3 Å². The maximum absolute atomic E-state index is 5.46. The molecule has 15 heavy (non-hydrogen) atoms. The highest BCUT2D eigenvalue weighted by Crippen LogP contribution is 2.08. The summed E-state index contributed by atoms with van der Waals surface area (Å²) in [5.74, 6) is 1.31. The summed E-state index contributed by atoms with van der Waals surface area (Å²) < 4.78 is 12.5. The zero-order valence-corrected chi connectivity index (χ0v) is 9.74. The predicted octanol–water partition coefficient (Wildman–Crippen LogP) is 1.93. The van der Waals surface area contributed by atoms with Crippen LogP contribution in [0.4, 0.5) is 0 Å². The van der Waals surface area contributed by atoms with Crippen LogP contribution in [0, 0.1) is 0 Å². The third-order valence-corrected chi connectivity index (χ3v) is 1.93. The largest absolute Gasteiger partial charge is 0.488 e. The Labute approximate surface area is 95.1 Å². The van der Waals surface area contributed by atoms with Crippen molar-refractivity contribution in [1.29, 1.82) is 0 Å². The summed E-state index contributed by atoms with van der Waals surface area (Å²) in [6, 6.07) is 0. The summed E-state index contributed by atoms with van der Waals surface area (Å²) in [6.07, 6.45) is 4.68. The minimum absolute atomic E-state index is 0.522. The van der Waals surface area contributed by atoms with Gasteiger partial charge >= 0.3 is 0 Å². The van der Waals surface area contributed by atoms with E-state index in [1.807, 2.05) is 10.9 Å². The summed E-state index contributed by atoms with van der Waals surface area (Å²) in [5.41, 5.74) is 0. The molecule has 0 fully saturated rings. The molecule has 0 N–H and O–H groups in total. The van der Waals surface area contributed by atoms with Gasteiger partial charge in [0.15, 0.2) is 5.75 Å². The van der Waals surface area contributed by atoms with Gasteiger partial charge in [-0.3, -0.25) is 4.68 Å². The van der Waals surface area contributed by atoms with E-state index in [1.54, 1.807) is 6.20 Å². The smallest absolute Gasteiger partial charge is 0.157 e. The molecule has 86 valence electrons. The van der Waals surface area contributed by atoms with Gasteiger partial charge in [-0.25, -0.2) is 0 Å². The molecule has 0 aromatic carbocycles. The number of halogens is 1. The molecule has 0 amide bonds. The maximum Gasteiger partial charge on any atom is 0.157 e. The van der Waals surface area contributed by atoms with Crippen molar-refractivity contribution >= 4 is 11.6 Å². The minimum atomic E-state index is 0.522. The van der Waals surface area contributed by atoms with Crippen molar-refractivity contribution in [2.24, 2.45) is 0 Å². The second kappa shape index (κ2) is 7.54. The normalized spacial score (nSPS) is 10.5. The zero-order chi connectivity index (χ0) is 10.9. The Hall–Kier alpha value is -0.740. The Balaban J connectivity index is 2.14. The highest BCUT2D eigenvalue weighted by atomic mass is 35.5. The number of aryl methyl sites for hydroxylation is 1. The van der Waals surface area contributed by atoms with E-state index in [4.69, 9.17) is 21.1 Å². The van der Waals surface area contributed by atoms with Crippen LogP contribution in [0.15, 0.2) is 12.4 Å². The van der Waals surface area contributed by atoms with Gasteiger partial charge in [0.25, 0.3) is 0 Å². The first-order valence-corrected chi connectivity index (χ1v) is 5.69. The van der Waals surface area contributed by atoms with Gasteiger partial charge in [0.05, 0.1) is 25.6 Å². The van der Waals surface area contributed by atoms with E-state index in [0.29, 0.717) is 25.7 Å².